The molecule has 0 saturated heterocycles. The minimum absolute atomic E-state index is 0.162. The van der Waals surface area contributed by atoms with Crippen LogP contribution in [0.15, 0.2) is 42.6 Å². The third kappa shape index (κ3) is 4.30. The Morgan fingerprint density at radius 2 is 1.93 bits per heavy atom. The number of para-hydroxylation sites is 1. The van der Waals surface area contributed by atoms with Crippen molar-refractivity contribution in [3.05, 3.63) is 65.2 Å². The number of benzene rings is 1. The molecule has 7 nitrogen and oxygen atoms in total. The number of ether oxygens (including phenoxy) is 1. The quantitative estimate of drug-likeness (QED) is 0.602. The second kappa shape index (κ2) is 8.87. The number of aryl methyl sites for hydroxylation is 1. The Labute approximate surface area is 170 Å². The lowest BCUT2D eigenvalue weighted by Crippen LogP contribution is -2.27. The van der Waals surface area contributed by atoms with Crippen LogP contribution in [-0.4, -0.2) is 41.5 Å². The van der Waals surface area contributed by atoms with Crippen LogP contribution in [0, 0.1) is 6.92 Å². The molecule has 2 amide bonds. The molecule has 152 valence electrons. The van der Waals surface area contributed by atoms with Crippen molar-refractivity contribution in [2.45, 2.75) is 26.7 Å². The van der Waals surface area contributed by atoms with Crippen LogP contribution in [0.1, 0.15) is 52.0 Å². The molecule has 2 N–H and O–H groups in total. The van der Waals surface area contributed by atoms with E-state index >= 15 is 0 Å². The molecule has 3 aromatic rings. The second-order valence-electron chi connectivity index (χ2n) is 7.14. The highest BCUT2D eigenvalue weighted by Crippen LogP contribution is 2.28. The maximum atomic E-state index is 13.1. The molecule has 0 saturated carbocycles. The van der Waals surface area contributed by atoms with Crippen LogP contribution in [0.4, 0.5) is 5.69 Å². The largest absolute Gasteiger partial charge is 0.383 e. The first-order valence-corrected chi connectivity index (χ1v) is 9.59. The predicted octanol–water partition coefficient (Wildman–Crippen LogP) is 3.39. The van der Waals surface area contributed by atoms with Crippen LogP contribution >= 0.6 is 0 Å². The lowest BCUT2D eigenvalue weighted by molar-refractivity contribution is 0.0934. The second-order valence-corrected chi connectivity index (χ2v) is 7.14. The van der Waals surface area contributed by atoms with Gasteiger partial charge in [0.25, 0.3) is 11.8 Å². The Balaban J connectivity index is 1.97. The molecule has 2 aromatic heterocycles. The monoisotopic (exact) mass is 394 g/mol. The van der Waals surface area contributed by atoms with Crippen LogP contribution in [0.2, 0.25) is 0 Å². The van der Waals surface area contributed by atoms with Gasteiger partial charge >= 0.3 is 0 Å². The normalized spacial score (nSPS) is 11.1. The third-order valence-electron chi connectivity index (χ3n) is 4.72. The molecule has 0 radical (unpaired) electrons. The van der Waals surface area contributed by atoms with Crippen LogP contribution in [-0.2, 0) is 4.74 Å². The molecule has 0 aliphatic carbocycles. The van der Waals surface area contributed by atoms with Crippen LogP contribution < -0.4 is 10.6 Å². The number of nitrogens with zero attached hydrogens (tertiary/aromatic N) is 2. The van der Waals surface area contributed by atoms with Gasteiger partial charge in [-0.1, -0.05) is 38.1 Å². The number of amides is 2. The number of methoxy groups -OCH3 is 1. The Kier molecular flexibility index (Phi) is 6.29. The van der Waals surface area contributed by atoms with E-state index in [9.17, 15) is 9.59 Å². The Bertz CT molecular complexity index is 1040. The smallest absolute Gasteiger partial charge is 0.292 e. The summed E-state index contributed by atoms with van der Waals surface area (Å²) >= 11 is 0. The van der Waals surface area contributed by atoms with Gasteiger partial charge in [0.15, 0.2) is 5.69 Å². The summed E-state index contributed by atoms with van der Waals surface area (Å²) in [4.78, 5) is 30.0. The minimum Gasteiger partial charge on any atom is -0.383 e. The van der Waals surface area contributed by atoms with Gasteiger partial charge in [-0.2, -0.15) is 0 Å². The average molecular weight is 394 g/mol. The van der Waals surface area contributed by atoms with Crippen molar-refractivity contribution in [2.75, 3.05) is 25.6 Å². The van der Waals surface area contributed by atoms with Crippen molar-refractivity contribution in [3.8, 4) is 0 Å². The average Bonchev–Trinajstić information content (AvgIpc) is 3.09. The van der Waals surface area contributed by atoms with E-state index < -0.39 is 0 Å². The van der Waals surface area contributed by atoms with Crippen molar-refractivity contribution in [2.24, 2.45) is 0 Å². The molecule has 3 rings (SSSR count). The van der Waals surface area contributed by atoms with Gasteiger partial charge in [0, 0.05) is 25.5 Å². The Morgan fingerprint density at radius 1 is 1.14 bits per heavy atom. The zero-order valence-corrected chi connectivity index (χ0v) is 17.2. The van der Waals surface area contributed by atoms with E-state index in [-0.39, 0.29) is 29.3 Å². The summed E-state index contributed by atoms with van der Waals surface area (Å²) < 4.78 is 6.60. The zero-order chi connectivity index (χ0) is 21.0. The van der Waals surface area contributed by atoms with Crippen LogP contribution in [0.25, 0.3) is 5.52 Å². The van der Waals surface area contributed by atoms with Crippen molar-refractivity contribution in [3.63, 3.8) is 0 Å². The van der Waals surface area contributed by atoms with Crippen LogP contribution in [0.5, 0.6) is 0 Å². The number of hydrogen-bond acceptors (Lipinski definition) is 4. The van der Waals surface area contributed by atoms with Gasteiger partial charge in [-0.05, 0) is 36.1 Å². The standard InChI is InChI=1S/C22H26N4O3/c1-14(2)16-9-7-8-15(3)18(16)25-22(28)20-24-19(21(27)23-11-13-29-4)17-10-5-6-12-26(17)20/h5-10,12,14H,11,13H2,1-4H3,(H,23,27)(H,25,28). The number of rotatable bonds is 7. The molecule has 2 heterocycles. The third-order valence-corrected chi connectivity index (χ3v) is 4.72. The van der Waals surface area contributed by atoms with E-state index in [1.165, 1.54) is 0 Å². The Hall–Kier alpha value is -3.19. The van der Waals surface area contributed by atoms with Crippen molar-refractivity contribution in [1.82, 2.24) is 14.7 Å². The number of fused-ring (bicyclic) bond motifs is 1. The number of pyridine rings is 1. The molecule has 0 fully saturated rings. The maximum absolute atomic E-state index is 13.1. The molecule has 0 unspecified atom stereocenters. The molecule has 1 aromatic carbocycles. The fourth-order valence-electron chi connectivity index (χ4n) is 3.23. The topological polar surface area (TPSA) is 84.7 Å². The lowest BCUT2D eigenvalue weighted by atomic mass is 9.98. The van der Waals surface area contributed by atoms with E-state index in [2.05, 4.69) is 29.5 Å². The molecule has 0 aliphatic rings. The fourth-order valence-corrected chi connectivity index (χ4v) is 3.23. The first-order valence-electron chi connectivity index (χ1n) is 9.59. The van der Waals surface area contributed by atoms with E-state index in [4.69, 9.17) is 4.74 Å². The number of carbonyl (C=O) groups excluding carboxylic acids is 2. The highest BCUT2D eigenvalue weighted by molar-refractivity contribution is 6.06. The van der Waals surface area contributed by atoms with E-state index in [1.54, 1.807) is 29.8 Å². The number of imidazole rings is 1. The van der Waals surface area contributed by atoms with Crippen molar-refractivity contribution in [1.29, 1.82) is 0 Å². The van der Waals surface area contributed by atoms with Crippen LogP contribution in [0.3, 0.4) is 0 Å². The molecule has 29 heavy (non-hydrogen) atoms. The SMILES string of the molecule is COCCNC(=O)c1nc(C(=O)Nc2c(C)cccc2C(C)C)n2ccccc12. The lowest BCUT2D eigenvalue weighted by Gasteiger charge is -2.16. The molecule has 0 atom stereocenters. The highest BCUT2D eigenvalue weighted by atomic mass is 16.5. The summed E-state index contributed by atoms with van der Waals surface area (Å²) in [5.74, 6) is -0.290. The fraction of sp³-hybridized carbons (Fsp3) is 0.318. The summed E-state index contributed by atoms with van der Waals surface area (Å²) in [5, 5.41) is 5.75. The van der Waals surface area contributed by atoms with Gasteiger partial charge in [0.1, 0.15) is 0 Å². The molecule has 7 heteroatoms. The first kappa shape index (κ1) is 20.5. The van der Waals surface area contributed by atoms with E-state index in [0.29, 0.717) is 18.7 Å². The number of aromatic nitrogens is 2. The highest BCUT2D eigenvalue weighted by Gasteiger charge is 2.22. The van der Waals surface area contributed by atoms with E-state index in [1.807, 2.05) is 31.2 Å². The number of hydrogen-bond donors (Lipinski definition) is 2. The van der Waals surface area contributed by atoms with Gasteiger partial charge < -0.3 is 15.4 Å². The number of nitrogens with one attached hydrogen (secondary N) is 2. The molecule has 0 bridgehead atoms. The molecular weight excluding hydrogens is 368 g/mol. The number of carbonyl (C=O) groups is 2. The van der Waals surface area contributed by atoms with Crippen molar-refractivity contribution < 1.29 is 14.3 Å². The minimum atomic E-state index is -0.363. The van der Waals surface area contributed by atoms with Crippen molar-refractivity contribution >= 4 is 23.0 Å². The molecular formula is C22H26N4O3. The summed E-state index contributed by atoms with van der Waals surface area (Å²) in [6.07, 6.45) is 1.73. The summed E-state index contributed by atoms with van der Waals surface area (Å²) in [6, 6.07) is 11.3. The summed E-state index contributed by atoms with van der Waals surface area (Å²) in [5.41, 5.74) is 3.59. The molecule has 0 spiro atoms. The van der Waals surface area contributed by atoms with Gasteiger partial charge in [0.2, 0.25) is 5.82 Å². The summed E-state index contributed by atoms with van der Waals surface area (Å²) in [7, 11) is 1.57. The molecule has 0 aliphatic heterocycles. The van der Waals surface area contributed by atoms with Gasteiger partial charge in [0.05, 0.1) is 12.1 Å². The summed E-state index contributed by atoms with van der Waals surface area (Å²) in [6.45, 7) is 6.88. The van der Waals surface area contributed by atoms with Gasteiger partial charge in [-0.3, -0.25) is 14.0 Å². The maximum Gasteiger partial charge on any atom is 0.292 e. The van der Waals surface area contributed by atoms with Gasteiger partial charge in [-0.15, -0.1) is 0 Å². The number of anilines is 1. The zero-order valence-electron chi connectivity index (χ0n) is 17.2. The van der Waals surface area contributed by atoms with E-state index in [0.717, 1.165) is 16.8 Å². The van der Waals surface area contributed by atoms with Gasteiger partial charge in [-0.25, -0.2) is 4.98 Å². The predicted molar refractivity (Wildman–Crippen MR) is 113 cm³/mol. The Morgan fingerprint density at radius 3 is 2.66 bits per heavy atom. The first-order chi connectivity index (χ1) is 13.9.